The minimum atomic E-state index is -0.197. The van der Waals surface area contributed by atoms with Crippen molar-refractivity contribution in [1.29, 1.82) is 0 Å². The van der Waals surface area contributed by atoms with Crippen molar-refractivity contribution < 1.29 is 4.39 Å². The third-order valence-electron chi connectivity index (χ3n) is 4.57. The number of nitrogens with two attached hydrogens (primary N) is 1. The van der Waals surface area contributed by atoms with Crippen molar-refractivity contribution in [2.24, 2.45) is 11.7 Å². The zero-order chi connectivity index (χ0) is 14.8. The molecule has 0 aliphatic carbocycles. The van der Waals surface area contributed by atoms with Gasteiger partial charge < -0.3 is 5.73 Å². The molecule has 0 amide bonds. The number of hydrogen-bond acceptors (Lipinski definition) is 3. The van der Waals surface area contributed by atoms with Gasteiger partial charge in [-0.3, -0.25) is 9.88 Å². The number of halogens is 1. The first-order valence-electron chi connectivity index (χ1n) is 7.65. The minimum absolute atomic E-state index is 0.197. The van der Waals surface area contributed by atoms with Crippen molar-refractivity contribution in [3.8, 4) is 0 Å². The smallest absolute Gasteiger partial charge is 0.132 e. The monoisotopic (exact) mass is 287 g/mol. The molecule has 1 atom stereocenters. The third-order valence-corrected chi connectivity index (χ3v) is 4.57. The molecule has 1 aliphatic rings. The Morgan fingerprint density at radius 3 is 2.81 bits per heavy atom. The van der Waals surface area contributed by atoms with E-state index >= 15 is 0 Å². The Morgan fingerprint density at radius 2 is 2.10 bits per heavy atom. The molecule has 2 aromatic rings. The summed E-state index contributed by atoms with van der Waals surface area (Å²) in [6.07, 6.45) is 4.02. The number of fused-ring (bicyclic) bond motifs is 1. The number of pyridine rings is 1. The highest BCUT2D eigenvalue weighted by Gasteiger charge is 2.22. The zero-order valence-corrected chi connectivity index (χ0v) is 12.4. The van der Waals surface area contributed by atoms with Crippen LogP contribution >= 0.6 is 0 Å². The van der Waals surface area contributed by atoms with Crippen molar-refractivity contribution >= 4 is 10.9 Å². The molecule has 1 aromatic heterocycles. The number of nitrogens with zero attached hydrogens (tertiary/aromatic N) is 2. The Labute approximate surface area is 125 Å². The van der Waals surface area contributed by atoms with Gasteiger partial charge in [-0.05, 0) is 62.5 Å². The van der Waals surface area contributed by atoms with Gasteiger partial charge in [-0.25, -0.2) is 4.39 Å². The molecule has 0 radical (unpaired) electrons. The van der Waals surface area contributed by atoms with Gasteiger partial charge in [-0.1, -0.05) is 6.07 Å². The van der Waals surface area contributed by atoms with E-state index in [9.17, 15) is 4.39 Å². The first-order valence-corrected chi connectivity index (χ1v) is 7.65. The first kappa shape index (κ1) is 14.4. The lowest BCUT2D eigenvalue weighted by atomic mass is 9.91. The topological polar surface area (TPSA) is 42.1 Å². The molecule has 1 aliphatic heterocycles. The normalized spacial score (nSPS) is 19.0. The lowest BCUT2D eigenvalue weighted by Gasteiger charge is -2.33. The summed E-state index contributed by atoms with van der Waals surface area (Å²) < 4.78 is 13.8. The number of benzene rings is 1. The average Bonchev–Trinajstić information content (AvgIpc) is 2.51. The van der Waals surface area contributed by atoms with E-state index in [1.165, 1.54) is 0 Å². The summed E-state index contributed by atoms with van der Waals surface area (Å²) in [4.78, 5) is 6.78. The summed E-state index contributed by atoms with van der Waals surface area (Å²) in [6.45, 7) is 5.03. The molecule has 1 fully saturated rings. The van der Waals surface area contributed by atoms with E-state index in [4.69, 9.17) is 5.73 Å². The van der Waals surface area contributed by atoms with Crippen LogP contribution in [0.25, 0.3) is 10.9 Å². The quantitative estimate of drug-likeness (QED) is 0.943. The van der Waals surface area contributed by atoms with Gasteiger partial charge in [-0.2, -0.15) is 0 Å². The molecule has 3 rings (SSSR count). The largest absolute Gasteiger partial charge is 0.328 e. The SMILES string of the molecule is CC(N)C1CCN(Cc2ccc(F)c3cccnc23)CC1. The number of aromatic nitrogens is 1. The van der Waals surface area contributed by atoms with Gasteiger partial charge in [0.05, 0.1) is 5.52 Å². The van der Waals surface area contributed by atoms with Crippen molar-refractivity contribution in [3.05, 3.63) is 41.8 Å². The Bertz CT molecular complexity index is 618. The maximum atomic E-state index is 13.8. The summed E-state index contributed by atoms with van der Waals surface area (Å²) in [5.41, 5.74) is 7.87. The maximum Gasteiger partial charge on any atom is 0.132 e. The van der Waals surface area contributed by atoms with E-state index in [0.717, 1.165) is 43.6 Å². The predicted molar refractivity (Wildman–Crippen MR) is 83.4 cm³/mol. The molecule has 2 N–H and O–H groups in total. The maximum absolute atomic E-state index is 13.8. The van der Waals surface area contributed by atoms with Crippen LogP contribution in [0.15, 0.2) is 30.5 Å². The van der Waals surface area contributed by atoms with Crippen LogP contribution in [0.3, 0.4) is 0 Å². The number of piperidine rings is 1. The van der Waals surface area contributed by atoms with Crippen LogP contribution in [-0.2, 0) is 6.54 Å². The Hall–Kier alpha value is -1.52. The lowest BCUT2D eigenvalue weighted by molar-refractivity contribution is 0.166. The standard InChI is InChI=1S/C17H22FN3/c1-12(19)13-6-9-21(10-7-13)11-14-4-5-16(18)15-3-2-8-20-17(14)15/h2-5,8,12-13H,6-7,9-11,19H2,1H3. The molecular formula is C17H22FN3. The summed E-state index contributed by atoms with van der Waals surface area (Å²) in [6, 6.07) is 7.27. The summed E-state index contributed by atoms with van der Waals surface area (Å²) in [5.74, 6) is 0.432. The highest BCUT2D eigenvalue weighted by Crippen LogP contribution is 2.24. The van der Waals surface area contributed by atoms with Crippen molar-refractivity contribution in [3.63, 3.8) is 0 Å². The van der Waals surface area contributed by atoms with E-state index in [-0.39, 0.29) is 11.9 Å². The molecule has 0 spiro atoms. The fraction of sp³-hybridized carbons (Fsp3) is 0.471. The molecule has 4 heteroatoms. The van der Waals surface area contributed by atoms with Gasteiger partial charge in [0.15, 0.2) is 0 Å². The second kappa shape index (κ2) is 6.08. The lowest BCUT2D eigenvalue weighted by Crippen LogP contribution is -2.39. The van der Waals surface area contributed by atoms with Gasteiger partial charge in [0.25, 0.3) is 0 Å². The molecule has 1 aromatic carbocycles. The molecule has 1 saturated heterocycles. The van der Waals surface area contributed by atoms with Gasteiger partial charge >= 0.3 is 0 Å². The Kier molecular flexibility index (Phi) is 4.17. The van der Waals surface area contributed by atoms with Gasteiger partial charge in [0, 0.05) is 24.2 Å². The summed E-state index contributed by atoms with van der Waals surface area (Å²) in [7, 11) is 0. The van der Waals surface area contributed by atoms with Gasteiger partial charge in [0.2, 0.25) is 0 Å². The number of likely N-dealkylation sites (tertiary alicyclic amines) is 1. The highest BCUT2D eigenvalue weighted by atomic mass is 19.1. The predicted octanol–water partition coefficient (Wildman–Crippen LogP) is 2.93. The van der Waals surface area contributed by atoms with E-state index in [1.54, 1.807) is 24.4 Å². The van der Waals surface area contributed by atoms with Crippen LogP contribution in [0.5, 0.6) is 0 Å². The summed E-state index contributed by atoms with van der Waals surface area (Å²) >= 11 is 0. The molecule has 21 heavy (non-hydrogen) atoms. The number of rotatable bonds is 3. The fourth-order valence-electron chi connectivity index (χ4n) is 3.20. The minimum Gasteiger partial charge on any atom is -0.328 e. The molecule has 0 bridgehead atoms. The highest BCUT2D eigenvalue weighted by molar-refractivity contribution is 5.82. The Balaban J connectivity index is 1.76. The molecule has 3 nitrogen and oxygen atoms in total. The molecule has 1 unspecified atom stereocenters. The molecule has 2 heterocycles. The molecule has 0 saturated carbocycles. The van der Waals surface area contributed by atoms with Crippen LogP contribution in [0, 0.1) is 11.7 Å². The molecule has 112 valence electrons. The summed E-state index contributed by atoms with van der Waals surface area (Å²) in [5, 5.41) is 0.612. The van der Waals surface area contributed by atoms with Crippen molar-refractivity contribution in [1.82, 2.24) is 9.88 Å². The second-order valence-electron chi connectivity index (χ2n) is 6.08. The number of hydrogen-bond donors (Lipinski definition) is 1. The van der Waals surface area contributed by atoms with E-state index in [2.05, 4.69) is 16.8 Å². The third kappa shape index (κ3) is 3.06. The van der Waals surface area contributed by atoms with E-state index < -0.39 is 0 Å². The van der Waals surface area contributed by atoms with Crippen molar-refractivity contribution in [2.75, 3.05) is 13.1 Å². The Morgan fingerprint density at radius 1 is 1.33 bits per heavy atom. The second-order valence-corrected chi connectivity index (χ2v) is 6.08. The van der Waals surface area contributed by atoms with Crippen molar-refractivity contribution in [2.45, 2.75) is 32.4 Å². The van der Waals surface area contributed by atoms with Crippen LogP contribution in [0.1, 0.15) is 25.3 Å². The van der Waals surface area contributed by atoms with Crippen LogP contribution in [-0.4, -0.2) is 29.0 Å². The van der Waals surface area contributed by atoms with E-state index in [1.807, 2.05) is 6.07 Å². The van der Waals surface area contributed by atoms with Crippen LogP contribution in [0.2, 0.25) is 0 Å². The van der Waals surface area contributed by atoms with E-state index in [0.29, 0.717) is 11.3 Å². The van der Waals surface area contributed by atoms with Crippen LogP contribution < -0.4 is 5.73 Å². The zero-order valence-electron chi connectivity index (χ0n) is 12.4. The molecular weight excluding hydrogens is 265 g/mol. The fourth-order valence-corrected chi connectivity index (χ4v) is 3.20. The van der Waals surface area contributed by atoms with Gasteiger partial charge in [-0.15, -0.1) is 0 Å². The first-order chi connectivity index (χ1) is 10.1. The van der Waals surface area contributed by atoms with Crippen LogP contribution in [0.4, 0.5) is 4.39 Å². The van der Waals surface area contributed by atoms with Gasteiger partial charge in [0.1, 0.15) is 5.82 Å². The average molecular weight is 287 g/mol.